The average molecular weight is 405 g/mol. The molecule has 4 aromatic rings. The fraction of sp³-hybridized carbons (Fsp3) is 0.217. The first-order valence-electron chi connectivity index (χ1n) is 9.67. The molecule has 152 valence electrons. The molecule has 5 rings (SSSR count). The highest BCUT2D eigenvalue weighted by atomic mass is 19.1. The third-order valence-corrected chi connectivity index (χ3v) is 5.48. The van der Waals surface area contributed by atoms with Crippen LogP contribution in [0.4, 0.5) is 4.39 Å². The number of fused-ring (bicyclic) bond motifs is 2. The van der Waals surface area contributed by atoms with Crippen molar-refractivity contribution in [3.8, 4) is 17.4 Å². The van der Waals surface area contributed by atoms with Gasteiger partial charge in [-0.1, -0.05) is 18.2 Å². The molecular formula is C23H20FN3O3. The molecule has 0 atom stereocenters. The summed E-state index contributed by atoms with van der Waals surface area (Å²) < 4.78 is 32.3. The number of benzene rings is 2. The Kier molecular flexibility index (Phi) is 4.50. The van der Waals surface area contributed by atoms with Gasteiger partial charge in [-0.3, -0.25) is 0 Å². The van der Waals surface area contributed by atoms with E-state index in [-0.39, 0.29) is 19.2 Å². The van der Waals surface area contributed by atoms with Crippen LogP contribution < -0.4 is 14.2 Å². The quantitative estimate of drug-likeness (QED) is 0.488. The van der Waals surface area contributed by atoms with Gasteiger partial charge in [-0.05, 0) is 54.8 Å². The highest BCUT2D eigenvalue weighted by molar-refractivity contribution is 5.88. The maximum absolute atomic E-state index is 13.2. The molecule has 0 saturated heterocycles. The second kappa shape index (κ2) is 7.33. The lowest BCUT2D eigenvalue weighted by Gasteiger charge is -2.12. The minimum Gasteiger partial charge on any atom is -0.470 e. The summed E-state index contributed by atoms with van der Waals surface area (Å²) in [6.45, 7) is 5.30. The van der Waals surface area contributed by atoms with E-state index in [1.807, 2.05) is 18.2 Å². The molecule has 6 nitrogen and oxygen atoms in total. The maximum atomic E-state index is 13.2. The molecule has 0 bridgehead atoms. The molecule has 3 heterocycles. The van der Waals surface area contributed by atoms with E-state index in [2.05, 4.69) is 28.6 Å². The fourth-order valence-electron chi connectivity index (χ4n) is 3.71. The van der Waals surface area contributed by atoms with Crippen molar-refractivity contribution in [3.63, 3.8) is 0 Å². The topological polar surface area (TPSA) is 58.4 Å². The fourth-order valence-corrected chi connectivity index (χ4v) is 3.71. The van der Waals surface area contributed by atoms with Crippen LogP contribution >= 0.6 is 0 Å². The van der Waals surface area contributed by atoms with Crippen molar-refractivity contribution in [2.75, 3.05) is 6.79 Å². The van der Waals surface area contributed by atoms with E-state index >= 15 is 0 Å². The summed E-state index contributed by atoms with van der Waals surface area (Å²) in [4.78, 5) is 0. The van der Waals surface area contributed by atoms with E-state index in [1.54, 1.807) is 18.3 Å². The zero-order valence-corrected chi connectivity index (χ0v) is 16.7. The summed E-state index contributed by atoms with van der Waals surface area (Å²) in [6, 6.07) is 12.2. The summed E-state index contributed by atoms with van der Waals surface area (Å²) in [6.07, 6.45) is 1.76. The number of hydrogen-bond acceptors (Lipinski definition) is 5. The molecule has 0 aliphatic carbocycles. The summed E-state index contributed by atoms with van der Waals surface area (Å²) >= 11 is 0. The summed E-state index contributed by atoms with van der Waals surface area (Å²) in [5.41, 5.74) is 5.08. The van der Waals surface area contributed by atoms with Gasteiger partial charge in [-0.25, -0.2) is 4.39 Å². The normalized spacial score (nSPS) is 12.5. The number of aromatic nitrogens is 3. The van der Waals surface area contributed by atoms with Crippen LogP contribution in [0, 0.1) is 19.7 Å². The number of halogens is 1. The predicted molar refractivity (Wildman–Crippen MR) is 109 cm³/mol. The molecule has 0 unspecified atom stereocenters. The van der Waals surface area contributed by atoms with Crippen molar-refractivity contribution in [1.29, 1.82) is 0 Å². The molecule has 2 aromatic heterocycles. The van der Waals surface area contributed by atoms with Crippen LogP contribution in [0.2, 0.25) is 0 Å². The van der Waals surface area contributed by atoms with Gasteiger partial charge in [0.1, 0.15) is 17.9 Å². The van der Waals surface area contributed by atoms with Crippen LogP contribution in [-0.4, -0.2) is 21.6 Å². The second-order valence-electron chi connectivity index (χ2n) is 7.31. The molecule has 0 spiro atoms. The first kappa shape index (κ1) is 18.4. The van der Waals surface area contributed by atoms with Gasteiger partial charge < -0.3 is 18.8 Å². The highest BCUT2D eigenvalue weighted by Crippen LogP contribution is 2.35. The third kappa shape index (κ3) is 3.22. The van der Waals surface area contributed by atoms with Crippen molar-refractivity contribution < 1.29 is 18.6 Å². The van der Waals surface area contributed by atoms with Gasteiger partial charge in [0.25, 0.3) is 5.88 Å². The van der Waals surface area contributed by atoms with E-state index in [1.165, 1.54) is 12.1 Å². The molecule has 0 radical (unpaired) electrons. The van der Waals surface area contributed by atoms with Crippen LogP contribution in [0.15, 0.2) is 48.7 Å². The number of rotatable bonds is 5. The SMILES string of the molecule is Cc1c(C)n(Cc2ccc3c(c2)OCO3)c2c(OCc3ccc(F)cc3)nncc12. The molecule has 7 heteroatoms. The molecule has 30 heavy (non-hydrogen) atoms. The van der Waals surface area contributed by atoms with Gasteiger partial charge in [0.2, 0.25) is 6.79 Å². The highest BCUT2D eigenvalue weighted by Gasteiger charge is 2.19. The van der Waals surface area contributed by atoms with Crippen molar-refractivity contribution in [1.82, 2.24) is 14.8 Å². The van der Waals surface area contributed by atoms with E-state index in [9.17, 15) is 4.39 Å². The number of aryl methyl sites for hydroxylation is 1. The average Bonchev–Trinajstić information content (AvgIpc) is 3.32. The van der Waals surface area contributed by atoms with Gasteiger partial charge in [0, 0.05) is 17.6 Å². The van der Waals surface area contributed by atoms with Gasteiger partial charge in [0.15, 0.2) is 11.5 Å². The number of nitrogens with zero attached hydrogens (tertiary/aromatic N) is 3. The standard InChI is InChI=1S/C23H20FN3O3/c1-14-15(2)27(11-17-5-8-20-21(9-17)30-13-29-20)22-19(14)10-25-26-23(22)28-12-16-3-6-18(24)7-4-16/h3-10H,11-13H2,1-2H3. The Morgan fingerprint density at radius 2 is 1.80 bits per heavy atom. The van der Waals surface area contributed by atoms with E-state index < -0.39 is 0 Å². The Labute approximate surface area is 172 Å². The summed E-state index contributed by atoms with van der Waals surface area (Å²) in [7, 11) is 0. The van der Waals surface area contributed by atoms with Gasteiger partial charge in [-0.2, -0.15) is 5.10 Å². The Balaban J connectivity index is 1.51. The molecule has 0 fully saturated rings. The van der Waals surface area contributed by atoms with Crippen LogP contribution in [-0.2, 0) is 13.2 Å². The summed E-state index contributed by atoms with van der Waals surface area (Å²) in [5.74, 6) is 1.70. The molecule has 0 saturated carbocycles. The molecule has 2 aromatic carbocycles. The Bertz CT molecular complexity index is 1230. The Hall–Kier alpha value is -3.61. The lowest BCUT2D eigenvalue weighted by atomic mass is 10.2. The van der Waals surface area contributed by atoms with Crippen LogP contribution in [0.25, 0.3) is 10.9 Å². The Morgan fingerprint density at radius 1 is 1.03 bits per heavy atom. The minimum atomic E-state index is -0.274. The second-order valence-corrected chi connectivity index (χ2v) is 7.31. The van der Waals surface area contributed by atoms with Crippen molar-refractivity contribution in [2.45, 2.75) is 27.0 Å². The number of ether oxygens (including phenoxy) is 3. The van der Waals surface area contributed by atoms with Gasteiger partial charge >= 0.3 is 0 Å². The third-order valence-electron chi connectivity index (χ3n) is 5.48. The first-order valence-corrected chi connectivity index (χ1v) is 9.67. The smallest absolute Gasteiger partial charge is 0.258 e. The zero-order valence-electron chi connectivity index (χ0n) is 16.7. The van der Waals surface area contributed by atoms with Crippen LogP contribution in [0.1, 0.15) is 22.4 Å². The molecule has 0 N–H and O–H groups in total. The lowest BCUT2D eigenvalue weighted by Crippen LogP contribution is -2.05. The van der Waals surface area contributed by atoms with Gasteiger partial charge in [0.05, 0.1) is 6.20 Å². The zero-order chi connectivity index (χ0) is 20.7. The van der Waals surface area contributed by atoms with E-state index in [4.69, 9.17) is 14.2 Å². The first-order chi connectivity index (χ1) is 14.6. The van der Waals surface area contributed by atoms with E-state index in [0.29, 0.717) is 12.4 Å². The number of hydrogen-bond donors (Lipinski definition) is 0. The minimum absolute atomic E-state index is 0.250. The monoisotopic (exact) mass is 405 g/mol. The van der Waals surface area contributed by atoms with Crippen molar-refractivity contribution in [2.24, 2.45) is 0 Å². The lowest BCUT2D eigenvalue weighted by molar-refractivity contribution is 0.174. The predicted octanol–water partition coefficient (Wildman–Crippen LogP) is 4.54. The van der Waals surface area contributed by atoms with Crippen LogP contribution in [0.5, 0.6) is 17.4 Å². The molecule has 1 aliphatic rings. The molecular weight excluding hydrogens is 385 g/mol. The Morgan fingerprint density at radius 3 is 2.63 bits per heavy atom. The van der Waals surface area contributed by atoms with Gasteiger partial charge in [-0.15, -0.1) is 5.10 Å². The van der Waals surface area contributed by atoms with Crippen molar-refractivity contribution in [3.05, 3.63) is 76.9 Å². The molecule has 1 aliphatic heterocycles. The van der Waals surface area contributed by atoms with Crippen molar-refractivity contribution >= 4 is 10.9 Å². The molecule has 0 amide bonds. The maximum Gasteiger partial charge on any atom is 0.258 e. The summed E-state index contributed by atoms with van der Waals surface area (Å²) in [5, 5.41) is 9.36. The largest absolute Gasteiger partial charge is 0.470 e. The van der Waals surface area contributed by atoms with E-state index in [0.717, 1.165) is 44.8 Å². The van der Waals surface area contributed by atoms with Crippen LogP contribution in [0.3, 0.4) is 0 Å².